The minimum atomic E-state index is -3.13. The van der Waals surface area contributed by atoms with Gasteiger partial charge in [-0.25, -0.2) is 13.8 Å². The molecule has 5 aromatic rings. The summed E-state index contributed by atoms with van der Waals surface area (Å²) in [5.41, 5.74) is 3.57. The number of carbonyl (C=O) groups is 2. The highest BCUT2D eigenvalue weighted by Gasteiger charge is 2.51. The summed E-state index contributed by atoms with van der Waals surface area (Å²) in [6.07, 6.45) is 7.68. The Morgan fingerprint density at radius 2 is 1.75 bits per heavy atom. The molecule has 57 heavy (non-hydrogen) atoms. The van der Waals surface area contributed by atoms with Gasteiger partial charge in [0.2, 0.25) is 23.5 Å². The third kappa shape index (κ3) is 7.19. The van der Waals surface area contributed by atoms with Crippen molar-refractivity contribution >= 4 is 74.0 Å². The SMILES string of the molecule is Cn1nc(C2CCC(=O)NC2=O)c2ccc(NC3CCC(CNc4ncc(Cl)c(Nc5ccc6c(c5)c5c(c(=O)n6C)OCC(F)(F)C(C6CC6)N5)n4)CC3)cc21. The second-order valence-corrected chi connectivity index (χ2v) is 16.2. The molecule has 2 aliphatic carbocycles. The summed E-state index contributed by atoms with van der Waals surface area (Å²) >= 11 is 6.54. The molecule has 2 saturated carbocycles. The molecule has 14 nitrogen and oxygen atoms in total. The zero-order valence-corrected chi connectivity index (χ0v) is 32.3. The number of nitrogens with zero attached hydrogens (tertiary/aromatic N) is 5. The number of halogens is 3. The first-order valence-corrected chi connectivity index (χ1v) is 19.8. The fourth-order valence-electron chi connectivity index (χ4n) is 8.53. The highest BCUT2D eigenvalue weighted by Crippen LogP contribution is 2.46. The van der Waals surface area contributed by atoms with Crippen LogP contribution in [0.25, 0.3) is 21.8 Å². The van der Waals surface area contributed by atoms with Gasteiger partial charge >= 0.3 is 5.92 Å². The van der Waals surface area contributed by atoms with Crippen LogP contribution < -0.4 is 36.9 Å². The van der Waals surface area contributed by atoms with Gasteiger partial charge in [0.15, 0.2) is 12.4 Å². The van der Waals surface area contributed by atoms with Gasteiger partial charge in [-0.1, -0.05) is 11.6 Å². The van der Waals surface area contributed by atoms with E-state index in [1.54, 1.807) is 29.9 Å². The molecule has 3 aromatic heterocycles. The van der Waals surface area contributed by atoms with E-state index in [9.17, 15) is 14.4 Å². The van der Waals surface area contributed by atoms with Gasteiger partial charge in [-0.15, -0.1) is 0 Å². The molecule has 1 saturated heterocycles. The quantitative estimate of drug-likeness (QED) is 0.104. The Kier molecular flexibility index (Phi) is 9.41. The van der Waals surface area contributed by atoms with Crippen molar-refractivity contribution in [2.75, 3.05) is 34.4 Å². The number of amides is 2. The molecule has 2 aliphatic heterocycles. The Labute approximate surface area is 331 Å². The predicted octanol–water partition coefficient (Wildman–Crippen LogP) is 6.43. The number of fused-ring (bicyclic) bond motifs is 4. The van der Waals surface area contributed by atoms with Crippen molar-refractivity contribution in [2.45, 2.75) is 75.3 Å². The van der Waals surface area contributed by atoms with Crippen LogP contribution in [0.2, 0.25) is 5.02 Å². The van der Waals surface area contributed by atoms with Crippen LogP contribution in [0.3, 0.4) is 0 Å². The van der Waals surface area contributed by atoms with E-state index in [1.807, 2.05) is 19.2 Å². The molecule has 2 atom stereocenters. The first-order valence-electron chi connectivity index (χ1n) is 19.5. The highest BCUT2D eigenvalue weighted by atomic mass is 35.5. The molecule has 298 valence electrons. The largest absolute Gasteiger partial charge is 0.480 e. The van der Waals surface area contributed by atoms with E-state index < -0.39 is 30.0 Å². The second-order valence-electron chi connectivity index (χ2n) is 15.8. The molecule has 0 bridgehead atoms. The maximum absolute atomic E-state index is 15.1. The fourth-order valence-corrected chi connectivity index (χ4v) is 8.67. The lowest BCUT2D eigenvalue weighted by Gasteiger charge is -2.30. The normalized spacial score (nSPS) is 23.2. The number of hydrogen-bond acceptors (Lipinski definition) is 11. The van der Waals surface area contributed by atoms with Crippen LogP contribution in [0, 0.1) is 11.8 Å². The lowest BCUT2D eigenvalue weighted by atomic mass is 9.86. The third-order valence-electron chi connectivity index (χ3n) is 11.8. The van der Waals surface area contributed by atoms with E-state index in [0.29, 0.717) is 83.3 Å². The molecular weight excluding hydrogens is 758 g/mol. The number of imide groups is 1. The molecule has 5 heterocycles. The van der Waals surface area contributed by atoms with Crippen LogP contribution in [0.4, 0.5) is 37.6 Å². The van der Waals surface area contributed by atoms with Gasteiger partial charge in [-0.3, -0.25) is 24.4 Å². The van der Waals surface area contributed by atoms with Crippen LogP contribution in [0.1, 0.15) is 63.0 Å². The van der Waals surface area contributed by atoms with Crippen molar-refractivity contribution in [3.05, 3.63) is 63.7 Å². The van der Waals surface area contributed by atoms with E-state index >= 15 is 8.78 Å². The van der Waals surface area contributed by atoms with Crippen molar-refractivity contribution in [2.24, 2.45) is 25.9 Å². The number of ether oxygens (including phenoxy) is 1. The average Bonchev–Trinajstić information content (AvgIpc) is 4.00. The van der Waals surface area contributed by atoms with Gasteiger partial charge in [0, 0.05) is 55.2 Å². The molecule has 17 heteroatoms. The Bertz CT molecular complexity index is 2480. The number of nitrogens with one attached hydrogen (secondary N) is 5. The standard InChI is InChI=1S/C40H43ClF2N10O4/c1-52-29-13-10-23(15-27(29)33-34(38(52)56)57-19-40(42,43)35(49-33)21-5-6-21)47-36-28(41)18-45-39(50-36)44-17-20-3-7-22(8-4-20)46-24-9-11-25-30(16-24)53(2)51-32(25)26-12-14-31(54)48-37(26)55/h9-11,13,15-16,18,20-22,26,35,46,49H,3-8,12,14,17,19H2,1-2H3,(H,48,54,55)(H2,44,45,47,50). The smallest absolute Gasteiger partial charge is 0.301 e. The number of aromatic nitrogens is 5. The number of piperidine rings is 1. The first kappa shape index (κ1) is 37.1. The molecular formula is C40H43ClF2N10O4. The summed E-state index contributed by atoms with van der Waals surface area (Å²) in [6, 6.07) is 10.6. The fraction of sp³-hybridized carbons (Fsp3) is 0.450. The predicted molar refractivity (Wildman–Crippen MR) is 214 cm³/mol. The van der Waals surface area contributed by atoms with E-state index in [2.05, 4.69) is 47.7 Å². The summed E-state index contributed by atoms with van der Waals surface area (Å²) < 4.78 is 38.9. The lowest BCUT2D eigenvalue weighted by Crippen LogP contribution is -2.44. The van der Waals surface area contributed by atoms with E-state index in [-0.39, 0.29) is 29.2 Å². The van der Waals surface area contributed by atoms with Gasteiger partial charge in [0.25, 0.3) is 5.56 Å². The minimum absolute atomic E-state index is 0.116. The maximum atomic E-state index is 15.1. The van der Waals surface area contributed by atoms with Crippen molar-refractivity contribution in [1.29, 1.82) is 0 Å². The van der Waals surface area contributed by atoms with Crippen molar-refractivity contribution in [1.82, 2.24) is 29.6 Å². The highest BCUT2D eigenvalue weighted by molar-refractivity contribution is 6.33. The molecule has 2 unspecified atom stereocenters. The molecule has 2 amide bonds. The lowest BCUT2D eigenvalue weighted by molar-refractivity contribution is -0.134. The van der Waals surface area contributed by atoms with Crippen molar-refractivity contribution in [3.8, 4) is 5.75 Å². The molecule has 0 spiro atoms. The average molecular weight is 801 g/mol. The number of aryl methyl sites for hydroxylation is 2. The summed E-state index contributed by atoms with van der Waals surface area (Å²) in [5, 5.41) is 22.2. The second kappa shape index (κ2) is 14.5. The van der Waals surface area contributed by atoms with Crippen LogP contribution >= 0.6 is 11.6 Å². The zero-order chi connectivity index (χ0) is 39.6. The number of carbonyl (C=O) groups excluding carboxylic acids is 2. The van der Waals surface area contributed by atoms with Gasteiger partial charge in [-0.2, -0.15) is 10.1 Å². The van der Waals surface area contributed by atoms with Crippen molar-refractivity contribution in [3.63, 3.8) is 0 Å². The molecule has 9 rings (SSSR count). The summed E-state index contributed by atoms with van der Waals surface area (Å²) in [6.45, 7) is -0.176. The van der Waals surface area contributed by atoms with Crippen molar-refractivity contribution < 1.29 is 23.1 Å². The molecule has 3 fully saturated rings. The Morgan fingerprint density at radius 3 is 2.53 bits per heavy atom. The van der Waals surface area contributed by atoms with Crippen LogP contribution in [0.5, 0.6) is 5.75 Å². The number of alkyl halides is 2. The summed E-state index contributed by atoms with van der Waals surface area (Å²) in [4.78, 5) is 46.4. The van der Waals surface area contributed by atoms with E-state index in [0.717, 1.165) is 42.3 Å². The molecule has 5 N–H and O–H groups in total. The molecule has 4 aliphatic rings. The number of pyridine rings is 1. The summed E-state index contributed by atoms with van der Waals surface area (Å²) in [5.74, 6) is -3.20. The Morgan fingerprint density at radius 1 is 0.965 bits per heavy atom. The monoisotopic (exact) mass is 800 g/mol. The van der Waals surface area contributed by atoms with Gasteiger partial charge < -0.3 is 30.6 Å². The Hall–Kier alpha value is -5.51. The maximum Gasteiger partial charge on any atom is 0.301 e. The van der Waals surface area contributed by atoms with Crippen LogP contribution in [-0.2, 0) is 23.7 Å². The number of anilines is 5. The minimum Gasteiger partial charge on any atom is -0.480 e. The Balaban J connectivity index is 0.834. The van der Waals surface area contributed by atoms with Crippen LogP contribution in [0.15, 0.2) is 47.4 Å². The van der Waals surface area contributed by atoms with Crippen LogP contribution in [-0.4, -0.2) is 67.3 Å². The van der Waals surface area contributed by atoms with E-state index in [1.165, 1.54) is 10.8 Å². The number of benzene rings is 2. The molecule has 2 aromatic carbocycles. The first-order chi connectivity index (χ1) is 27.4. The zero-order valence-electron chi connectivity index (χ0n) is 31.5. The topological polar surface area (TPSA) is 169 Å². The van der Waals surface area contributed by atoms with Gasteiger partial charge in [0.05, 0.1) is 40.6 Å². The number of rotatable bonds is 9. The number of hydrogen-bond donors (Lipinski definition) is 5. The molecule has 0 radical (unpaired) electrons. The van der Waals surface area contributed by atoms with Gasteiger partial charge in [0.1, 0.15) is 5.02 Å². The van der Waals surface area contributed by atoms with E-state index in [4.69, 9.17) is 16.3 Å². The third-order valence-corrected chi connectivity index (χ3v) is 12.1. The van der Waals surface area contributed by atoms with Gasteiger partial charge in [-0.05, 0) is 93.2 Å². The summed E-state index contributed by atoms with van der Waals surface area (Å²) in [7, 11) is 3.46.